The lowest BCUT2D eigenvalue weighted by Crippen LogP contribution is -2.48. The van der Waals surface area contributed by atoms with Gasteiger partial charge in [-0.2, -0.15) is 5.26 Å². The van der Waals surface area contributed by atoms with Crippen molar-refractivity contribution in [2.24, 2.45) is 5.41 Å². The first-order chi connectivity index (χ1) is 14.4. The predicted octanol–water partition coefficient (Wildman–Crippen LogP) is 4.02. The number of benzene rings is 2. The van der Waals surface area contributed by atoms with Crippen LogP contribution in [0.2, 0.25) is 0 Å². The molecule has 2 aromatic rings. The van der Waals surface area contributed by atoms with Crippen molar-refractivity contribution in [3.63, 3.8) is 0 Å². The van der Waals surface area contributed by atoms with Gasteiger partial charge in [0, 0.05) is 25.2 Å². The minimum atomic E-state index is -0.442. The third kappa shape index (κ3) is 6.07. The molecule has 30 heavy (non-hydrogen) atoms. The molecular weight excluding hydrogens is 381 g/mol. The molecule has 3 rings (SSSR count). The molecule has 0 aromatic heterocycles. The highest BCUT2D eigenvalue weighted by molar-refractivity contribution is 6.62. The molecule has 1 fully saturated rings. The van der Waals surface area contributed by atoms with E-state index in [1.54, 1.807) is 24.3 Å². The van der Waals surface area contributed by atoms with Gasteiger partial charge in [0.15, 0.2) is 6.29 Å². The summed E-state index contributed by atoms with van der Waals surface area (Å²) in [6.07, 6.45) is -0.321. The normalized spacial score (nSPS) is 16.7. The topological polar surface area (TPSA) is 69.9 Å². The van der Waals surface area contributed by atoms with Crippen LogP contribution in [-0.4, -0.2) is 33.2 Å². The van der Waals surface area contributed by atoms with Crippen molar-refractivity contribution in [3.05, 3.63) is 53.6 Å². The third-order valence-electron chi connectivity index (χ3n) is 4.71. The number of nitrogens with zero attached hydrogens (tertiary/aromatic N) is 1. The summed E-state index contributed by atoms with van der Waals surface area (Å²) < 4.78 is 29.3. The van der Waals surface area contributed by atoms with E-state index in [-0.39, 0.29) is 11.7 Å². The van der Waals surface area contributed by atoms with Crippen LogP contribution in [0.1, 0.15) is 38.8 Å². The second-order valence-corrected chi connectivity index (χ2v) is 8.05. The summed E-state index contributed by atoms with van der Waals surface area (Å²) in [4.78, 5) is 0. The van der Waals surface area contributed by atoms with Crippen molar-refractivity contribution in [2.45, 2.75) is 40.6 Å². The molecule has 0 N–H and O–H groups in total. The number of ether oxygens (including phenoxy) is 3. The Morgan fingerprint density at radius 3 is 2.37 bits per heavy atom. The van der Waals surface area contributed by atoms with Crippen molar-refractivity contribution in [2.75, 3.05) is 19.8 Å². The van der Waals surface area contributed by atoms with E-state index < -0.39 is 7.12 Å². The molecule has 6 nitrogen and oxygen atoms in total. The summed E-state index contributed by atoms with van der Waals surface area (Å²) in [6, 6.07) is 14.9. The molecule has 0 aliphatic carbocycles. The average molecular weight is 409 g/mol. The van der Waals surface area contributed by atoms with Crippen molar-refractivity contribution in [3.8, 4) is 17.6 Å². The quantitative estimate of drug-likeness (QED) is 0.485. The van der Waals surface area contributed by atoms with E-state index in [0.717, 1.165) is 11.0 Å². The van der Waals surface area contributed by atoms with Gasteiger partial charge in [-0.25, -0.2) is 0 Å². The second-order valence-electron chi connectivity index (χ2n) is 8.05. The number of hydrogen-bond acceptors (Lipinski definition) is 6. The Kier molecular flexibility index (Phi) is 7.51. The molecule has 1 atom stereocenters. The maximum Gasteiger partial charge on any atom is 0.494 e. The zero-order valence-electron chi connectivity index (χ0n) is 18.0. The van der Waals surface area contributed by atoms with Gasteiger partial charge in [0.2, 0.25) is 0 Å². The van der Waals surface area contributed by atoms with Gasteiger partial charge in [-0.05, 0) is 61.3 Å². The second kappa shape index (κ2) is 10.1. The van der Waals surface area contributed by atoms with Crippen molar-refractivity contribution in [1.82, 2.24) is 0 Å². The highest BCUT2D eigenvalue weighted by Crippen LogP contribution is 2.25. The minimum absolute atomic E-state index is 0.00468. The highest BCUT2D eigenvalue weighted by atomic mass is 16.7. The Morgan fingerprint density at radius 1 is 1.07 bits per heavy atom. The summed E-state index contributed by atoms with van der Waals surface area (Å²) in [5.41, 5.74) is 2.42. The van der Waals surface area contributed by atoms with Crippen LogP contribution in [0.3, 0.4) is 0 Å². The number of nitriles is 1. The molecule has 1 aliphatic rings. The maximum atomic E-state index is 8.94. The Balaban J connectivity index is 1.79. The Labute approximate surface area is 178 Å². The lowest BCUT2D eigenvalue weighted by molar-refractivity contribution is -0.134. The SMILES string of the molecule is CCOC(C)OCc1cc(Oc2ccc(C#N)cc2)ccc1B1OCC(C)(C)CO1. The lowest BCUT2D eigenvalue weighted by Gasteiger charge is -2.33. The van der Waals surface area contributed by atoms with Gasteiger partial charge in [0.25, 0.3) is 0 Å². The van der Waals surface area contributed by atoms with Crippen LogP contribution in [0.4, 0.5) is 0 Å². The van der Waals surface area contributed by atoms with E-state index in [0.29, 0.717) is 43.5 Å². The van der Waals surface area contributed by atoms with Crippen LogP contribution < -0.4 is 10.2 Å². The Bertz CT molecular complexity index is 868. The van der Waals surface area contributed by atoms with E-state index in [1.807, 2.05) is 32.0 Å². The zero-order chi connectivity index (χ0) is 21.6. The Hall–Kier alpha value is -2.37. The van der Waals surface area contributed by atoms with Gasteiger partial charge in [0.05, 0.1) is 18.2 Å². The minimum Gasteiger partial charge on any atom is -0.457 e. The summed E-state index contributed by atoms with van der Waals surface area (Å²) in [6.45, 7) is 10.2. The molecule has 1 unspecified atom stereocenters. The molecule has 2 aromatic carbocycles. The summed E-state index contributed by atoms with van der Waals surface area (Å²) in [7, 11) is -0.442. The van der Waals surface area contributed by atoms with Gasteiger partial charge in [-0.15, -0.1) is 0 Å². The average Bonchev–Trinajstić information content (AvgIpc) is 2.73. The molecule has 7 heteroatoms. The summed E-state index contributed by atoms with van der Waals surface area (Å²) in [5, 5.41) is 8.94. The van der Waals surface area contributed by atoms with Gasteiger partial charge >= 0.3 is 7.12 Å². The van der Waals surface area contributed by atoms with Crippen LogP contribution in [0.25, 0.3) is 0 Å². The fourth-order valence-electron chi connectivity index (χ4n) is 3.10. The fraction of sp³-hybridized carbons (Fsp3) is 0.435. The lowest BCUT2D eigenvalue weighted by atomic mass is 9.73. The van der Waals surface area contributed by atoms with Gasteiger partial charge in [0.1, 0.15) is 11.5 Å². The molecule has 158 valence electrons. The zero-order valence-corrected chi connectivity index (χ0v) is 18.0. The van der Waals surface area contributed by atoms with Gasteiger partial charge in [-0.3, -0.25) is 0 Å². The summed E-state index contributed by atoms with van der Waals surface area (Å²) >= 11 is 0. The van der Waals surface area contributed by atoms with Gasteiger partial charge < -0.3 is 23.5 Å². The van der Waals surface area contributed by atoms with Crippen LogP contribution in [0.5, 0.6) is 11.5 Å². The van der Waals surface area contributed by atoms with Gasteiger partial charge in [-0.1, -0.05) is 19.9 Å². The first-order valence-electron chi connectivity index (χ1n) is 10.2. The highest BCUT2D eigenvalue weighted by Gasteiger charge is 2.35. The molecule has 0 saturated carbocycles. The van der Waals surface area contributed by atoms with Crippen molar-refractivity contribution < 1.29 is 23.5 Å². The van der Waals surface area contributed by atoms with Crippen molar-refractivity contribution in [1.29, 1.82) is 5.26 Å². The molecule has 0 radical (unpaired) electrons. The number of rotatable bonds is 8. The van der Waals surface area contributed by atoms with E-state index in [4.69, 9.17) is 28.8 Å². The fourth-order valence-corrected chi connectivity index (χ4v) is 3.10. The van der Waals surface area contributed by atoms with E-state index in [2.05, 4.69) is 19.9 Å². The van der Waals surface area contributed by atoms with Crippen LogP contribution in [-0.2, 0) is 25.4 Å². The maximum absolute atomic E-state index is 8.94. The molecule has 1 heterocycles. The van der Waals surface area contributed by atoms with Crippen LogP contribution in [0, 0.1) is 16.7 Å². The summed E-state index contributed by atoms with van der Waals surface area (Å²) in [5.74, 6) is 1.32. The van der Waals surface area contributed by atoms with E-state index in [9.17, 15) is 0 Å². The van der Waals surface area contributed by atoms with E-state index in [1.165, 1.54) is 0 Å². The van der Waals surface area contributed by atoms with Crippen molar-refractivity contribution >= 4 is 12.6 Å². The smallest absolute Gasteiger partial charge is 0.457 e. The largest absolute Gasteiger partial charge is 0.494 e. The molecular formula is C23H28BNO5. The monoisotopic (exact) mass is 409 g/mol. The van der Waals surface area contributed by atoms with Crippen LogP contribution >= 0.6 is 0 Å². The predicted molar refractivity (Wildman–Crippen MR) is 115 cm³/mol. The molecule has 0 amide bonds. The van der Waals surface area contributed by atoms with Crippen LogP contribution in [0.15, 0.2) is 42.5 Å². The third-order valence-corrected chi connectivity index (χ3v) is 4.71. The first kappa shape index (κ1) is 22.3. The number of hydrogen-bond donors (Lipinski definition) is 0. The Morgan fingerprint density at radius 2 is 1.73 bits per heavy atom. The molecule has 0 bridgehead atoms. The molecule has 1 saturated heterocycles. The standard InChI is InChI=1S/C23H28BNO5/c1-5-26-17(2)27-14-19-12-21(30-20-8-6-18(13-25)7-9-20)10-11-22(19)24-28-15-23(3,4)16-29-24/h6-12,17H,5,14-16H2,1-4H3. The first-order valence-corrected chi connectivity index (χ1v) is 10.2. The molecule has 1 aliphatic heterocycles. The van der Waals surface area contributed by atoms with E-state index >= 15 is 0 Å². The molecule has 0 spiro atoms.